The van der Waals surface area contributed by atoms with Crippen LogP contribution in [0, 0.1) is 5.92 Å². The van der Waals surface area contributed by atoms with E-state index in [0.717, 1.165) is 23.4 Å². The minimum Gasteiger partial charge on any atom is -0.433 e. The number of hydrogen-bond donors (Lipinski definition) is 3. The van der Waals surface area contributed by atoms with Crippen LogP contribution in [0.1, 0.15) is 28.8 Å². The minimum atomic E-state index is -2.95. The van der Waals surface area contributed by atoms with E-state index in [2.05, 4.69) is 32.3 Å². The first kappa shape index (κ1) is 21.4. The molecule has 8 nitrogen and oxygen atoms in total. The second-order valence-corrected chi connectivity index (χ2v) is 9.37. The lowest BCUT2D eigenvalue weighted by Crippen LogP contribution is -2.63. The van der Waals surface area contributed by atoms with Crippen molar-refractivity contribution >= 4 is 34.0 Å². The van der Waals surface area contributed by atoms with Gasteiger partial charge in [-0.3, -0.25) is 10.1 Å². The molecule has 0 bridgehead atoms. The van der Waals surface area contributed by atoms with E-state index in [1.54, 1.807) is 18.0 Å². The lowest BCUT2D eigenvalue weighted by molar-refractivity contribution is -0.0656. The van der Waals surface area contributed by atoms with E-state index in [9.17, 15) is 13.6 Å². The molecule has 4 atom stereocenters. The summed E-state index contributed by atoms with van der Waals surface area (Å²) in [6.07, 6.45) is 3.73. The average molecular weight is 458 g/mol. The first-order chi connectivity index (χ1) is 14.4. The Bertz CT molecular complexity index is 900. The van der Waals surface area contributed by atoms with Crippen molar-refractivity contribution in [2.45, 2.75) is 37.1 Å². The topological polar surface area (TPSA) is 111 Å². The van der Waals surface area contributed by atoms with Gasteiger partial charge in [-0.2, -0.15) is 8.78 Å². The Hall–Kier alpha value is -1.86. The molecule has 2 aromatic heterocycles. The first-order valence-corrected chi connectivity index (χ1v) is 11.2. The van der Waals surface area contributed by atoms with Crippen LogP contribution in [0.15, 0.2) is 24.5 Å². The molecule has 0 radical (unpaired) electrons. The molecule has 30 heavy (non-hydrogen) atoms. The number of thioether (sulfide) groups is 1. The number of anilines is 1. The maximum absolute atomic E-state index is 12.5. The molecule has 1 unspecified atom stereocenters. The van der Waals surface area contributed by atoms with Crippen LogP contribution in [0.4, 0.5) is 13.8 Å². The van der Waals surface area contributed by atoms with E-state index >= 15 is 0 Å². The number of fused-ring (bicyclic) bond motifs is 1. The highest BCUT2D eigenvalue weighted by Gasteiger charge is 2.50. The third-order valence-electron chi connectivity index (χ3n) is 5.10. The molecular formula is C18H21F2N5O3S2. The van der Waals surface area contributed by atoms with Gasteiger partial charge in [0.05, 0.1) is 30.6 Å². The van der Waals surface area contributed by atoms with Gasteiger partial charge in [0.2, 0.25) is 0 Å². The molecule has 2 fully saturated rings. The maximum atomic E-state index is 12.5. The molecule has 4 N–H and O–H groups in total. The number of hydrogen-bond acceptors (Lipinski definition) is 9. The van der Waals surface area contributed by atoms with Crippen LogP contribution in [-0.4, -0.2) is 46.4 Å². The number of halogens is 2. The third kappa shape index (κ3) is 4.42. The van der Waals surface area contributed by atoms with Crippen LogP contribution in [0.25, 0.3) is 0 Å². The number of pyridine rings is 1. The first-order valence-electron chi connectivity index (χ1n) is 9.31. The van der Waals surface area contributed by atoms with Crippen molar-refractivity contribution in [1.29, 1.82) is 0 Å². The number of nitrogens with two attached hydrogens (primary N) is 1. The van der Waals surface area contributed by atoms with Crippen LogP contribution in [0.3, 0.4) is 0 Å². The standard InChI is InChI=1S/C18H21F2N5O3S2/c1-9-4-10-7-29-17(21)25-18(10,8-27-9)15-23-6-13(30-15)24-14(26)12-3-2-11(5-22-12)28-16(19)20/h2-3,5-6,9-10,16-17,25H,4,7-8,21H2,1H3,(H,24,26)/t9-,10-,17?,18-/m0/s1. The number of aromatic nitrogens is 2. The Kier molecular flexibility index (Phi) is 6.21. The Morgan fingerprint density at radius 3 is 3.00 bits per heavy atom. The van der Waals surface area contributed by atoms with Crippen LogP contribution >= 0.6 is 23.1 Å². The lowest BCUT2D eigenvalue weighted by atomic mass is 9.80. The fraction of sp³-hybridized carbons (Fsp3) is 0.500. The summed E-state index contributed by atoms with van der Waals surface area (Å²) in [5.41, 5.74) is 5.51. The Balaban J connectivity index is 1.49. The van der Waals surface area contributed by atoms with Gasteiger partial charge in [-0.05, 0) is 31.4 Å². The number of carbonyl (C=O) groups is 1. The summed E-state index contributed by atoms with van der Waals surface area (Å²) in [6.45, 7) is -0.431. The molecule has 12 heteroatoms. The number of rotatable bonds is 5. The number of nitrogens with zero attached hydrogens (tertiary/aromatic N) is 2. The number of amides is 1. The highest BCUT2D eigenvalue weighted by molar-refractivity contribution is 7.99. The largest absolute Gasteiger partial charge is 0.433 e. The second kappa shape index (κ2) is 8.71. The van der Waals surface area contributed by atoms with Gasteiger partial charge < -0.3 is 20.5 Å². The van der Waals surface area contributed by atoms with Gasteiger partial charge >= 0.3 is 6.61 Å². The van der Waals surface area contributed by atoms with E-state index in [-0.39, 0.29) is 23.0 Å². The van der Waals surface area contributed by atoms with E-state index in [0.29, 0.717) is 17.5 Å². The zero-order chi connectivity index (χ0) is 21.3. The van der Waals surface area contributed by atoms with E-state index in [4.69, 9.17) is 10.5 Å². The van der Waals surface area contributed by atoms with Gasteiger partial charge in [0, 0.05) is 5.75 Å². The van der Waals surface area contributed by atoms with E-state index in [1.165, 1.54) is 23.5 Å². The highest BCUT2D eigenvalue weighted by Crippen LogP contribution is 2.45. The molecule has 1 amide bonds. The van der Waals surface area contributed by atoms with Crippen LogP contribution in [0.5, 0.6) is 5.75 Å². The quantitative estimate of drug-likeness (QED) is 0.628. The summed E-state index contributed by atoms with van der Waals surface area (Å²) in [7, 11) is 0. The van der Waals surface area contributed by atoms with Crippen molar-refractivity contribution in [1.82, 2.24) is 15.3 Å². The molecule has 4 heterocycles. The summed E-state index contributed by atoms with van der Waals surface area (Å²) < 4.78 is 34.6. The van der Waals surface area contributed by atoms with Crippen molar-refractivity contribution in [2.24, 2.45) is 11.7 Å². The van der Waals surface area contributed by atoms with Crippen molar-refractivity contribution < 1.29 is 23.0 Å². The van der Waals surface area contributed by atoms with Gasteiger partial charge in [-0.15, -0.1) is 11.8 Å². The number of carbonyl (C=O) groups excluding carboxylic acids is 1. The summed E-state index contributed by atoms with van der Waals surface area (Å²) in [5.74, 6) is 0.626. The molecule has 0 saturated carbocycles. The third-order valence-corrected chi connectivity index (χ3v) is 7.27. The highest BCUT2D eigenvalue weighted by atomic mass is 32.2. The number of thiazole rings is 1. The zero-order valence-electron chi connectivity index (χ0n) is 16.0. The average Bonchev–Trinajstić information content (AvgIpc) is 3.17. The van der Waals surface area contributed by atoms with Crippen molar-refractivity contribution in [3.63, 3.8) is 0 Å². The summed E-state index contributed by atoms with van der Waals surface area (Å²) in [6, 6.07) is 2.58. The Morgan fingerprint density at radius 2 is 2.27 bits per heavy atom. The second-order valence-electron chi connectivity index (χ2n) is 7.17. The summed E-state index contributed by atoms with van der Waals surface area (Å²) in [5, 5.41) is 7.55. The Labute approximate surface area is 179 Å². The molecule has 0 aromatic carbocycles. The predicted molar refractivity (Wildman–Crippen MR) is 110 cm³/mol. The monoisotopic (exact) mass is 457 g/mol. The van der Waals surface area contributed by atoms with E-state index in [1.807, 2.05) is 0 Å². The molecule has 0 spiro atoms. The van der Waals surface area contributed by atoms with Gasteiger partial charge in [0.1, 0.15) is 26.9 Å². The van der Waals surface area contributed by atoms with E-state index < -0.39 is 18.1 Å². The van der Waals surface area contributed by atoms with Crippen molar-refractivity contribution in [3.8, 4) is 5.75 Å². The van der Waals surface area contributed by atoms with Gasteiger partial charge in [-0.1, -0.05) is 11.3 Å². The summed E-state index contributed by atoms with van der Waals surface area (Å²) >= 11 is 3.02. The Morgan fingerprint density at radius 1 is 1.43 bits per heavy atom. The molecular weight excluding hydrogens is 436 g/mol. The van der Waals surface area contributed by atoms with Gasteiger partial charge in [-0.25, -0.2) is 9.97 Å². The number of nitrogens with one attached hydrogen (secondary N) is 2. The van der Waals surface area contributed by atoms with Crippen molar-refractivity contribution in [2.75, 3.05) is 17.7 Å². The maximum Gasteiger partial charge on any atom is 0.387 e. The SMILES string of the molecule is C[C@H]1C[C@H]2CSC(N)N[C@@]2(c2ncc(NC(=O)c3ccc(OC(F)F)cn3)s2)CO1. The predicted octanol–water partition coefficient (Wildman–Crippen LogP) is 2.59. The number of ether oxygens (including phenoxy) is 2. The summed E-state index contributed by atoms with van der Waals surface area (Å²) in [4.78, 5) is 20.9. The molecule has 4 rings (SSSR count). The zero-order valence-corrected chi connectivity index (χ0v) is 17.6. The van der Waals surface area contributed by atoms with Gasteiger partial charge in [0.15, 0.2) is 0 Å². The fourth-order valence-electron chi connectivity index (χ4n) is 3.65. The van der Waals surface area contributed by atoms with Crippen LogP contribution in [0.2, 0.25) is 0 Å². The van der Waals surface area contributed by atoms with Crippen LogP contribution < -0.4 is 21.1 Å². The smallest absolute Gasteiger partial charge is 0.387 e. The molecule has 2 aliphatic heterocycles. The van der Waals surface area contributed by atoms with Crippen LogP contribution in [-0.2, 0) is 10.3 Å². The normalized spacial score (nSPS) is 28.8. The molecule has 162 valence electrons. The minimum absolute atomic E-state index is 0.0756. The molecule has 2 aliphatic rings. The fourth-order valence-corrected chi connectivity index (χ4v) is 5.83. The molecule has 2 saturated heterocycles. The number of alkyl halides is 2. The van der Waals surface area contributed by atoms with Crippen molar-refractivity contribution in [3.05, 3.63) is 35.2 Å². The molecule has 2 aromatic rings. The van der Waals surface area contributed by atoms with Gasteiger partial charge in [0.25, 0.3) is 5.91 Å². The molecule has 0 aliphatic carbocycles. The lowest BCUT2D eigenvalue weighted by Gasteiger charge is -2.49.